The fourth-order valence-corrected chi connectivity index (χ4v) is 1.88. The Hall–Kier alpha value is -0.820. The third-order valence-corrected chi connectivity index (χ3v) is 3.28. The van der Waals surface area contributed by atoms with Crippen molar-refractivity contribution in [3.05, 3.63) is 28.7 Å². The van der Waals surface area contributed by atoms with Crippen molar-refractivity contribution < 1.29 is 14.6 Å². The van der Waals surface area contributed by atoms with Crippen molar-refractivity contribution in [3.63, 3.8) is 0 Å². The van der Waals surface area contributed by atoms with E-state index in [0.717, 1.165) is 4.47 Å². The molecule has 0 saturated carbocycles. The molecule has 1 rings (SSSR count). The van der Waals surface area contributed by atoms with Crippen LogP contribution in [0.25, 0.3) is 0 Å². The number of benzene rings is 1. The number of hydrogen-bond donors (Lipinski definition) is 3. The maximum atomic E-state index is 11.5. The Morgan fingerprint density at radius 1 is 1.48 bits per heavy atom. The van der Waals surface area contributed by atoms with Crippen LogP contribution in [0.2, 0.25) is 0 Å². The third kappa shape index (κ3) is 8.93. The molecule has 2 atom stereocenters. The molecule has 1 aromatic rings. The number of nitrogens with two attached hydrogens (primary N) is 1. The van der Waals surface area contributed by atoms with Gasteiger partial charge in [0.2, 0.25) is 5.91 Å². The largest absolute Gasteiger partial charge is 0.490 e. The smallest absolute Gasteiger partial charge is 0.220 e. The standard InChI is InChI=1S/C14H21BrN2O3.ClH/c1-10(16)6-7-14(19)17-8-11(18)9-20-13-5-3-2-4-12(13)15;/h2-5,10-11,18H,6-9,16H2,1H3,(H,17,19);1H. The fraction of sp³-hybridized carbons (Fsp3) is 0.500. The molecule has 0 radical (unpaired) electrons. The number of rotatable bonds is 8. The first kappa shape index (κ1) is 20.2. The minimum absolute atomic E-state index is 0. The summed E-state index contributed by atoms with van der Waals surface area (Å²) in [6, 6.07) is 7.40. The summed E-state index contributed by atoms with van der Waals surface area (Å²) in [5.41, 5.74) is 5.57. The average molecular weight is 382 g/mol. The van der Waals surface area contributed by atoms with Crippen molar-refractivity contribution in [1.82, 2.24) is 5.32 Å². The number of carbonyl (C=O) groups is 1. The minimum Gasteiger partial charge on any atom is -0.490 e. The molecule has 2 unspecified atom stereocenters. The van der Waals surface area contributed by atoms with E-state index in [1.807, 2.05) is 25.1 Å². The second-order valence-corrected chi connectivity index (χ2v) is 5.57. The molecule has 0 heterocycles. The topological polar surface area (TPSA) is 84.6 Å². The number of carbonyl (C=O) groups excluding carboxylic acids is 1. The van der Waals surface area contributed by atoms with E-state index in [1.54, 1.807) is 6.07 Å². The van der Waals surface area contributed by atoms with Gasteiger partial charge < -0.3 is 20.9 Å². The Kier molecular flexibility index (Phi) is 10.4. The van der Waals surface area contributed by atoms with Crippen LogP contribution >= 0.6 is 28.3 Å². The van der Waals surface area contributed by atoms with Crippen LogP contribution in [0.4, 0.5) is 0 Å². The molecule has 0 aromatic heterocycles. The predicted octanol–water partition coefficient (Wildman–Crippen LogP) is 1.85. The maximum Gasteiger partial charge on any atom is 0.220 e. The molecule has 0 bridgehead atoms. The van der Waals surface area contributed by atoms with Crippen molar-refractivity contribution in [3.8, 4) is 5.75 Å². The van der Waals surface area contributed by atoms with Gasteiger partial charge >= 0.3 is 0 Å². The summed E-state index contributed by atoms with van der Waals surface area (Å²) in [6.07, 6.45) is 0.256. The molecule has 0 aliphatic heterocycles. The Morgan fingerprint density at radius 2 is 2.14 bits per heavy atom. The maximum absolute atomic E-state index is 11.5. The minimum atomic E-state index is -0.749. The summed E-state index contributed by atoms with van der Waals surface area (Å²) in [5, 5.41) is 12.4. The van der Waals surface area contributed by atoms with Gasteiger partial charge in [-0.3, -0.25) is 4.79 Å². The van der Waals surface area contributed by atoms with E-state index in [4.69, 9.17) is 10.5 Å². The highest BCUT2D eigenvalue weighted by atomic mass is 79.9. The van der Waals surface area contributed by atoms with E-state index < -0.39 is 6.10 Å². The molecule has 21 heavy (non-hydrogen) atoms. The van der Waals surface area contributed by atoms with Crippen LogP contribution in [0.1, 0.15) is 19.8 Å². The molecule has 1 amide bonds. The highest BCUT2D eigenvalue weighted by Crippen LogP contribution is 2.23. The molecule has 120 valence electrons. The molecule has 0 fully saturated rings. The van der Waals surface area contributed by atoms with Crippen molar-refractivity contribution in [2.45, 2.75) is 31.9 Å². The number of nitrogens with one attached hydrogen (secondary N) is 1. The number of aliphatic hydroxyl groups is 1. The van der Waals surface area contributed by atoms with Crippen molar-refractivity contribution in [2.75, 3.05) is 13.2 Å². The molecule has 0 saturated heterocycles. The van der Waals surface area contributed by atoms with Crippen molar-refractivity contribution >= 4 is 34.2 Å². The van der Waals surface area contributed by atoms with Crippen LogP contribution in [0.5, 0.6) is 5.75 Å². The van der Waals surface area contributed by atoms with Gasteiger partial charge in [-0.15, -0.1) is 12.4 Å². The Balaban J connectivity index is 0.00000400. The van der Waals surface area contributed by atoms with Crippen LogP contribution in [0, 0.1) is 0 Å². The normalized spacial score (nSPS) is 13.0. The molecule has 1 aromatic carbocycles. The number of amides is 1. The summed E-state index contributed by atoms with van der Waals surface area (Å²) in [7, 11) is 0. The Labute approximate surface area is 139 Å². The number of halogens is 2. The molecule has 5 nitrogen and oxygen atoms in total. The van der Waals surface area contributed by atoms with Crippen LogP contribution in [0.15, 0.2) is 28.7 Å². The van der Waals surface area contributed by atoms with E-state index >= 15 is 0 Å². The number of aliphatic hydroxyl groups excluding tert-OH is 1. The predicted molar refractivity (Wildman–Crippen MR) is 88.8 cm³/mol. The van der Waals surface area contributed by atoms with E-state index in [0.29, 0.717) is 18.6 Å². The first-order valence-corrected chi connectivity index (χ1v) is 7.36. The molecule has 4 N–H and O–H groups in total. The number of ether oxygens (including phenoxy) is 1. The van der Waals surface area contributed by atoms with Gasteiger partial charge in [0.1, 0.15) is 18.5 Å². The molecule has 0 spiro atoms. The number of hydrogen-bond acceptors (Lipinski definition) is 4. The van der Waals surface area contributed by atoms with Crippen LogP contribution in [0.3, 0.4) is 0 Å². The first-order chi connectivity index (χ1) is 9.49. The third-order valence-electron chi connectivity index (χ3n) is 2.63. The van der Waals surface area contributed by atoms with E-state index in [1.165, 1.54) is 0 Å². The lowest BCUT2D eigenvalue weighted by molar-refractivity contribution is -0.121. The van der Waals surface area contributed by atoms with Gasteiger partial charge in [0.15, 0.2) is 0 Å². The van der Waals surface area contributed by atoms with Crippen LogP contribution < -0.4 is 15.8 Å². The van der Waals surface area contributed by atoms with Crippen LogP contribution in [-0.2, 0) is 4.79 Å². The Morgan fingerprint density at radius 3 is 2.76 bits per heavy atom. The average Bonchev–Trinajstić information content (AvgIpc) is 2.42. The zero-order chi connectivity index (χ0) is 15.0. The van der Waals surface area contributed by atoms with Gasteiger partial charge in [-0.25, -0.2) is 0 Å². The molecular weight excluding hydrogens is 360 g/mol. The monoisotopic (exact) mass is 380 g/mol. The lowest BCUT2D eigenvalue weighted by Crippen LogP contribution is -2.35. The highest BCUT2D eigenvalue weighted by Gasteiger charge is 2.09. The van der Waals surface area contributed by atoms with Crippen molar-refractivity contribution in [1.29, 1.82) is 0 Å². The quantitative estimate of drug-likeness (QED) is 0.641. The van der Waals surface area contributed by atoms with Gasteiger partial charge in [0.05, 0.1) is 4.47 Å². The summed E-state index contributed by atoms with van der Waals surface area (Å²) in [4.78, 5) is 11.5. The van der Waals surface area contributed by atoms with Crippen molar-refractivity contribution in [2.24, 2.45) is 5.73 Å². The zero-order valence-electron chi connectivity index (χ0n) is 11.9. The SMILES string of the molecule is CC(N)CCC(=O)NCC(O)COc1ccccc1Br.Cl. The summed E-state index contributed by atoms with van der Waals surface area (Å²) in [6.45, 7) is 2.14. The second kappa shape index (κ2) is 10.8. The van der Waals surface area contributed by atoms with Gasteiger partial charge in [0, 0.05) is 19.0 Å². The molecule has 0 aliphatic carbocycles. The van der Waals surface area contributed by atoms with Gasteiger partial charge in [-0.1, -0.05) is 12.1 Å². The van der Waals surface area contributed by atoms with Gasteiger partial charge in [-0.2, -0.15) is 0 Å². The molecule has 0 aliphatic rings. The highest BCUT2D eigenvalue weighted by molar-refractivity contribution is 9.10. The van der Waals surface area contributed by atoms with Crippen LogP contribution in [-0.4, -0.2) is 36.3 Å². The fourth-order valence-electron chi connectivity index (χ4n) is 1.49. The molecular formula is C14H22BrClN2O3. The van der Waals surface area contributed by atoms with Gasteiger partial charge in [-0.05, 0) is 41.4 Å². The lowest BCUT2D eigenvalue weighted by atomic mass is 10.2. The Bertz CT molecular complexity index is 432. The zero-order valence-corrected chi connectivity index (χ0v) is 14.3. The first-order valence-electron chi connectivity index (χ1n) is 6.56. The lowest BCUT2D eigenvalue weighted by Gasteiger charge is -2.14. The number of para-hydroxylation sites is 1. The summed E-state index contributed by atoms with van der Waals surface area (Å²) in [5.74, 6) is 0.553. The van der Waals surface area contributed by atoms with Gasteiger partial charge in [0.25, 0.3) is 0 Å². The second-order valence-electron chi connectivity index (χ2n) is 4.72. The van der Waals surface area contributed by atoms with E-state index in [-0.39, 0.29) is 37.5 Å². The van der Waals surface area contributed by atoms with E-state index in [9.17, 15) is 9.90 Å². The summed E-state index contributed by atoms with van der Waals surface area (Å²) >= 11 is 3.35. The van der Waals surface area contributed by atoms with E-state index in [2.05, 4.69) is 21.2 Å². The molecule has 7 heteroatoms. The summed E-state index contributed by atoms with van der Waals surface area (Å²) < 4.78 is 6.29.